The molecule has 0 amide bonds. The molecule has 0 heterocycles. The van der Waals surface area contributed by atoms with Crippen molar-refractivity contribution in [3.8, 4) is 0 Å². The number of rotatable bonds is 0. The van der Waals surface area contributed by atoms with Crippen LogP contribution < -0.4 is 18.9 Å². The minimum absolute atomic E-state index is 0. The summed E-state index contributed by atoms with van der Waals surface area (Å²) in [6, 6.07) is 0. The third-order valence-corrected chi connectivity index (χ3v) is 0. The summed E-state index contributed by atoms with van der Waals surface area (Å²) in [5, 5.41) is 29.5. The topological polar surface area (TPSA) is 132 Å². The van der Waals surface area contributed by atoms with Crippen LogP contribution in [0.25, 0.3) is 0 Å². The van der Waals surface area contributed by atoms with Crippen LogP contribution in [0.5, 0.6) is 0 Å². The van der Waals surface area contributed by atoms with Crippen LogP contribution in [0, 0.1) is 30.6 Å². The monoisotopic (exact) mass is 155 g/mol. The Kier molecular flexibility index (Phi) is 35.9. The Morgan fingerprint density at radius 1 is 0.800 bits per heavy atom. The van der Waals surface area contributed by atoms with Gasteiger partial charge in [0.1, 0.15) is 0 Å². The van der Waals surface area contributed by atoms with Crippen molar-refractivity contribution >= 4 is 23.1 Å². The van der Waals surface area contributed by atoms with Crippen molar-refractivity contribution in [3.05, 3.63) is 30.6 Å². The smallest absolute Gasteiger partial charge is 0.356 e. The summed E-state index contributed by atoms with van der Waals surface area (Å²) in [4.78, 5) is 16.5. The number of hydrogen-bond donors (Lipinski definition) is 0. The molecule has 0 radical (unpaired) electrons. The molecule has 0 saturated carbocycles. The van der Waals surface area contributed by atoms with Crippen molar-refractivity contribution in [2.24, 2.45) is 0 Å². The summed E-state index contributed by atoms with van der Waals surface area (Å²) >= 11 is 0. The molecule has 0 spiro atoms. The average molecular weight is 155 g/mol. The molecule has 0 rings (SSSR count). The Hall–Kier alpha value is -0.236. The van der Waals surface area contributed by atoms with E-state index in [2.05, 4.69) is 0 Å². The second kappa shape index (κ2) is 15.9. The fraction of sp³-hybridized carbons (Fsp3) is 0. The van der Waals surface area contributed by atoms with Crippen molar-refractivity contribution in [1.29, 1.82) is 0 Å². The quantitative estimate of drug-likeness (QED) is 0.200. The van der Waals surface area contributed by atoms with Crippen molar-refractivity contribution in [1.82, 2.24) is 0 Å². The number of hydrogen-bond acceptors (Lipinski definition) is 6. The Bertz CT molecular complexity index is 73.7. The van der Waals surface area contributed by atoms with Gasteiger partial charge in [0.05, 0.1) is 10.2 Å². The first kappa shape index (κ1) is 22.6. The van der Waals surface area contributed by atoms with Gasteiger partial charge in [-0.25, -0.2) is 0 Å². The normalized spacial score (nSPS) is 4.80. The molecule has 10 heteroatoms. The van der Waals surface area contributed by atoms with Gasteiger partial charge in [-0.05, 0) is 0 Å². The summed E-state index contributed by atoms with van der Waals surface area (Å²) < 4.78 is 0. The maximum Gasteiger partial charge on any atom is 2.00 e. The zero-order chi connectivity index (χ0) is 7.15. The molecule has 0 saturated heterocycles. The van der Waals surface area contributed by atoms with Gasteiger partial charge in [-0.3, -0.25) is 0 Å². The van der Waals surface area contributed by atoms with Crippen LogP contribution >= 0.6 is 0 Å². The summed E-state index contributed by atoms with van der Waals surface area (Å²) in [5.74, 6) is 0. The Labute approximate surface area is 82.8 Å². The van der Waals surface area contributed by atoms with Crippen LogP contribution in [0.4, 0.5) is 0 Å². The van der Waals surface area contributed by atoms with Crippen molar-refractivity contribution in [2.75, 3.05) is 0 Å². The van der Waals surface area contributed by atoms with Gasteiger partial charge in [0, 0.05) is 0 Å². The van der Waals surface area contributed by atoms with E-state index in [1.807, 2.05) is 0 Å². The van der Waals surface area contributed by atoms with Crippen LogP contribution in [0.2, 0.25) is 0 Å². The number of nitrogens with zero attached hydrogens (tertiary/aromatic N) is 2. The summed E-state index contributed by atoms with van der Waals surface area (Å²) in [5.41, 5.74) is 0. The van der Waals surface area contributed by atoms with Gasteiger partial charge >= 0.3 is 41.9 Å². The van der Waals surface area contributed by atoms with Gasteiger partial charge in [0.15, 0.2) is 0 Å². The fourth-order valence-electron chi connectivity index (χ4n) is 0. The van der Waals surface area contributed by atoms with Gasteiger partial charge in [0.2, 0.25) is 0 Å². The molecule has 0 aliphatic rings. The minimum atomic E-state index is -1.75. The maximum absolute atomic E-state index is 8.25. The Morgan fingerprint density at radius 3 is 0.800 bits per heavy atom. The molecule has 0 aromatic heterocycles. The summed E-state index contributed by atoms with van der Waals surface area (Å²) in [6.07, 6.45) is 0. The van der Waals surface area contributed by atoms with Crippen LogP contribution in [-0.2, 0) is 0 Å². The van der Waals surface area contributed by atoms with E-state index < -0.39 is 10.2 Å². The molecule has 0 N–H and O–H groups in total. The van der Waals surface area contributed by atoms with E-state index in [1.165, 1.54) is 0 Å². The first-order valence-electron chi connectivity index (χ1n) is 1.10. The average Bonchev–Trinajstić information content (AvgIpc) is 1.25. The van der Waals surface area contributed by atoms with Crippen molar-refractivity contribution in [2.45, 2.75) is 0 Å². The van der Waals surface area contributed by atoms with Gasteiger partial charge in [-0.1, -0.05) is 0 Å². The second-order valence-electron chi connectivity index (χ2n) is 0.447. The molecule has 0 unspecified atom stereocenters. The van der Waals surface area contributed by atoms with E-state index >= 15 is 0 Å². The second-order valence-corrected chi connectivity index (χ2v) is 0.447. The first-order chi connectivity index (χ1) is 3.46. The molecule has 0 atom stereocenters. The van der Waals surface area contributed by atoms with E-state index in [1.54, 1.807) is 0 Å². The van der Waals surface area contributed by atoms with Gasteiger partial charge in [0.25, 0.3) is 0 Å². The van der Waals surface area contributed by atoms with Crippen molar-refractivity contribution < 1.29 is 29.0 Å². The van der Waals surface area contributed by atoms with Gasteiger partial charge < -0.3 is 30.6 Å². The predicted molar refractivity (Wildman–Crippen MR) is 26.5 cm³/mol. The SMILES string of the molecule is O=[N+]([O-])[O-].O=[N+]([O-])[O-].[Li+].[Mg+2]. The van der Waals surface area contributed by atoms with Gasteiger partial charge in [-0.15, -0.1) is 0 Å². The molecule has 0 aromatic rings. The molecule has 10 heavy (non-hydrogen) atoms. The molecule has 0 aliphatic carbocycles. The minimum Gasteiger partial charge on any atom is -0.356 e. The molecule has 0 bridgehead atoms. The van der Waals surface area contributed by atoms with E-state index in [9.17, 15) is 0 Å². The third-order valence-electron chi connectivity index (χ3n) is 0. The molecule has 0 fully saturated rings. The van der Waals surface area contributed by atoms with E-state index in [0.717, 1.165) is 0 Å². The maximum atomic E-state index is 8.25. The van der Waals surface area contributed by atoms with Crippen LogP contribution in [0.3, 0.4) is 0 Å². The van der Waals surface area contributed by atoms with Crippen molar-refractivity contribution in [3.63, 3.8) is 0 Å². The van der Waals surface area contributed by atoms with E-state index in [-0.39, 0.29) is 41.9 Å². The molecule has 0 aromatic carbocycles. The van der Waals surface area contributed by atoms with Gasteiger partial charge in [-0.2, -0.15) is 0 Å². The first-order valence-corrected chi connectivity index (χ1v) is 1.10. The predicted octanol–water partition coefficient (Wildman–Crippen LogP) is -3.86. The third kappa shape index (κ3) is 6360. The van der Waals surface area contributed by atoms with E-state index in [4.69, 9.17) is 30.6 Å². The molecule has 0 aliphatic heterocycles. The van der Waals surface area contributed by atoms with Crippen LogP contribution in [0.15, 0.2) is 0 Å². The van der Waals surface area contributed by atoms with Crippen LogP contribution in [-0.4, -0.2) is 33.2 Å². The standard InChI is InChI=1S/Li.Mg.2NO3/c;;2*2-1(3)4/q+1;+2;2*-1. The van der Waals surface area contributed by atoms with Crippen LogP contribution in [0.1, 0.15) is 0 Å². The zero-order valence-electron chi connectivity index (χ0n) is 5.05. The molecule has 8 nitrogen and oxygen atoms in total. The fourth-order valence-corrected chi connectivity index (χ4v) is 0. The molecular weight excluding hydrogens is 155 g/mol. The zero-order valence-corrected chi connectivity index (χ0v) is 6.47. The van der Waals surface area contributed by atoms with E-state index in [0.29, 0.717) is 0 Å². The summed E-state index contributed by atoms with van der Waals surface area (Å²) in [6.45, 7) is 0. The summed E-state index contributed by atoms with van der Waals surface area (Å²) in [7, 11) is 0. The molecule has 48 valence electrons. The Balaban J connectivity index is -0.0000000300. The molecular formula is LiMgN2O6+. The Morgan fingerprint density at radius 2 is 0.800 bits per heavy atom. The largest absolute Gasteiger partial charge is 2.00 e.